The van der Waals surface area contributed by atoms with Gasteiger partial charge in [0.05, 0.1) is 16.6 Å². The molecule has 0 unspecified atom stereocenters. The van der Waals surface area contributed by atoms with Gasteiger partial charge in [-0.25, -0.2) is 4.79 Å². The Hall–Kier alpha value is -1.86. The minimum absolute atomic E-state index is 0.414. The minimum Gasteiger partial charge on any atom is -0.384 e. The third-order valence-corrected chi connectivity index (χ3v) is 4.30. The Morgan fingerprint density at radius 2 is 1.62 bits per heavy atom. The molecule has 2 aromatic rings. The lowest BCUT2D eigenvalue weighted by molar-refractivity contribution is 0.00578. The van der Waals surface area contributed by atoms with Gasteiger partial charge in [-0.15, -0.1) is 0 Å². The second kappa shape index (κ2) is 4.32. The van der Waals surface area contributed by atoms with Crippen molar-refractivity contribution in [3.05, 3.63) is 45.1 Å². The lowest BCUT2D eigenvalue weighted by Crippen LogP contribution is -2.42. The van der Waals surface area contributed by atoms with Crippen LogP contribution >= 0.6 is 0 Å². The van der Waals surface area contributed by atoms with Crippen LogP contribution in [0.4, 0.5) is 0 Å². The maximum Gasteiger partial charge on any atom is 0.602 e. The standard InChI is InChI=1S/C14H17BN2O4/c1-13(2)14(3,4)21-15(20-13)17-10-8-6-5-7-9(10)11(18)16-12(17)19/h5-8H,1-4H3,(H,16,18,19). The molecule has 0 bridgehead atoms. The molecule has 6 nitrogen and oxygen atoms in total. The van der Waals surface area contributed by atoms with E-state index in [0.717, 1.165) is 0 Å². The van der Waals surface area contributed by atoms with Crippen LogP contribution in [0.5, 0.6) is 0 Å². The van der Waals surface area contributed by atoms with Gasteiger partial charge in [-0.1, -0.05) is 12.1 Å². The summed E-state index contributed by atoms with van der Waals surface area (Å²) in [6.07, 6.45) is 0. The van der Waals surface area contributed by atoms with Crippen molar-refractivity contribution in [2.75, 3.05) is 0 Å². The van der Waals surface area contributed by atoms with E-state index in [9.17, 15) is 9.59 Å². The van der Waals surface area contributed by atoms with Crippen LogP contribution in [0.1, 0.15) is 27.7 Å². The minimum atomic E-state index is -0.871. The zero-order valence-corrected chi connectivity index (χ0v) is 12.5. The summed E-state index contributed by atoms with van der Waals surface area (Å²) in [4.78, 5) is 26.4. The second-order valence-corrected chi connectivity index (χ2v) is 6.21. The van der Waals surface area contributed by atoms with Crippen molar-refractivity contribution in [2.45, 2.75) is 38.9 Å². The first-order valence-electron chi connectivity index (χ1n) is 6.82. The summed E-state index contributed by atoms with van der Waals surface area (Å²) in [6, 6.07) is 6.88. The van der Waals surface area contributed by atoms with Gasteiger partial charge < -0.3 is 9.31 Å². The van der Waals surface area contributed by atoms with Gasteiger partial charge in [-0.2, -0.15) is 0 Å². The van der Waals surface area contributed by atoms with Gasteiger partial charge >= 0.3 is 12.9 Å². The van der Waals surface area contributed by atoms with Crippen LogP contribution in [0.15, 0.2) is 33.9 Å². The average Bonchev–Trinajstić information content (AvgIpc) is 2.58. The molecule has 0 aliphatic carbocycles. The first-order chi connectivity index (χ1) is 9.73. The molecule has 0 amide bonds. The molecule has 1 fully saturated rings. The second-order valence-electron chi connectivity index (χ2n) is 6.21. The van der Waals surface area contributed by atoms with E-state index in [-0.39, 0.29) is 0 Å². The number of benzene rings is 1. The fourth-order valence-electron chi connectivity index (χ4n) is 2.34. The Labute approximate surface area is 121 Å². The summed E-state index contributed by atoms with van der Waals surface area (Å²) in [6.45, 7) is 7.63. The monoisotopic (exact) mass is 288 g/mol. The Kier molecular flexibility index (Phi) is 2.90. The van der Waals surface area contributed by atoms with Crippen molar-refractivity contribution in [3.63, 3.8) is 0 Å². The number of aromatic nitrogens is 2. The average molecular weight is 288 g/mol. The fraction of sp³-hybridized carbons (Fsp3) is 0.429. The fourth-order valence-corrected chi connectivity index (χ4v) is 2.34. The van der Waals surface area contributed by atoms with Crippen molar-refractivity contribution in [1.29, 1.82) is 0 Å². The highest BCUT2D eigenvalue weighted by atomic mass is 16.7. The molecule has 0 atom stereocenters. The summed E-state index contributed by atoms with van der Waals surface area (Å²) in [5.41, 5.74) is -1.59. The van der Waals surface area contributed by atoms with E-state index >= 15 is 0 Å². The number of rotatable bonds is 1. The van der Waals surface area contributed by atoms with Gasteiger partial charge in [-0.3, -0.25) is 14.3 Å². The van der Waals surface area contributed by atoms with Gasteiger partial charge in [0.1, 0.15) is 0 Å². The molecule has 2 heterocycles. The summed E-state index contributed by atoms with van der Waals surface area (Å²) in [5, 5.41) is 0.423. The van der Waals surface area contributed by atoms with Crippen LogP contribution < -0.4 is 11.2 Å². The molecule has 1 aromatic carbocycles. The normalized spacial score (nSPS) is 20.1. The first-order valence-corrected chi connectivity index (χ1v) is 6.82. The number of nitrogens with one attached hydrogen (secondary N) is 1. The summed E-state index contributed by atoms with van der Waals surface area (Å²) < 4.78 is 13.1. The molecule has 1 aliphatic heterocycles. The zero-order chi connectivity index (χ0) is 15.4. The number of nitrogens with zero attached hydrogens (tertiary/aromatic N) is 1. The predicted molar refractivity (Wildman–Crippen MR) is 80.3 cm³/mol. The SMILES string of the molecule is CC1(C)OB(n2c(=O)[nH]c(=O)c3ccccc32)OC1(C)C. The van der Waals surface area contributed by atoms with Crippen molar-refractivity contribution in [1.82, 2.24) is 9.46 Å². The first kappa shape index (κ1) is 14.1. The number of hydrogen-bond acceptors (Lipinski definition) is 4. The number of fused-ring (bicyclic) bond motifs is 1. The highest BCUT2D eigenvalue weighted by molar-refractivity contribution is 6.45. The summed E-state index contributed by atoms with van der Waals surface area (Å²) in [5.74, 6) is 0. The molecule has 1 aromatic heterocycles. The lowest BCUT2D eigenvalue weighted by Gasteiger charge is -2.32. The number of H-pyrrole nitrogens is 1. The van der Waals surface area contributed by atoms with Crippen LogP contribution in [0.25, 0.3) is 10.9 Å². The smallest absolute Gasteiger partial charge is 0.384 e. The molecular formula is C14H17BN2O4. The highest BCUT2D eigenvalue weighted by Gasteiger charge is 2.53. The lowest BCUT2D eigenvalue weighted by atomic mass is 9.90. The van der Waals surface area contributed by atoms with Crippen LogP contribution in [0.2, 0.25) is 0 Å². The van der Waals surface area contributed by atoms with Gasteiger partial charge in [0, 0.05) is 5.52 Å². The van der Waals surface area contributed by atoms with Gasteiger partial charge in [0.15, 0.2) is 0 Å². The number of hydrogen-bond donors (Lipinski definition) is 1. The van der Waals surface area contributed by atoms with Crippen molar-refractivity contribution >= 4 is 18.2 Å². The van der Waals surface area contributed by atoms with E-state index in [1.807, 2.05) is 27.7 Å². The van der Waals surface area contributed by atoms with E-state index in [1.54, 1.807) is 24.3 Å². The molecule has 1 saturated heterocycles. The Balaban J connectivity index is 2.24. The van der Waals surface area contributed by atoms with E-state index < -0.39 is 29.7 Å². The molecule has 0 radical (unpaired) electrons. The molecule has 21 heavy (non-hydrogen) atoms. The van der Waals surface area contributed by atoms with Gasteiger partial charge in [-0.05, 0) is 39.8 Å². The maximum absolute atomic E-state index is 12.2. The van der Waals surface area contributed by atoms with Crippen molar-refractivity contribution in [3.8, 4) is 0 Å². The van der Waals surface area contributed by atoms with Crippen LogP contribution in [-0.4, -0.2) is 27.9 Å². The topological polar surface area (TPSA) is 73.3 Å². The van der Waals surface area contributed by atoms with Crippen LogP contribution in [0, 0.1) is 0 Å². The van der Waals surface area contributed by atoms with Crippen molar-refractivity contribution in [2.24, 2.45) is 0 Å². The molecule has 7 heteroatoms. The van der Waals surface area contributed by atoms with Crippen LogP contribution in [0.3, 0.4) is 0 Å². The van der Waals surface area contributed by atoms with Crippen molar-refractivity contribution < 1.29 is 9.31 Å². The molecule has 1 aliphatic rings. The highest BCUT2D eigenvalue weighted by Crippen LogP contribution is 2.37. The van der Waals surface area contributed by atoms with E-state index in [4.69, 9.17) is 9.31 Å². The molecule has 0 spiro atoms. The van der Waals surface area contributed by atoms with E-state index in [2.05, 4.69) is 4.98 Å². The summed E-state index contributed by atoms with van der Waals surface area (Å²) >= 11 is 0. The van der Waals surface area contributed by atoms with E-state index in [0.29, 0.717) is 10.9 Å². The molecule has 0 saturated carbocycles. The van der Waals surface area contributed by atoms with Gasteiger partial charge in [0.25, 0.3) is 5.56 Å². The van der Waals surface area contributed by atoms with Gasteiger partial charge in [0.2, 0.25) is 0 Å². The largest absolute Gasteiger partial charge is 0.602 e. The third-order valence-electron chi connectivity index (χ3n) is 4.30. The molecule has 1 N–H and O–H groups in total. The Bertz CT molecular complexity index is 806. The Morgan fingerprint density at radius 1 is 1.05 bits per heavy atom. The zero-order valence-electron chi connectivity index (χ0n) is 12.5. The molecular weight excluding hydrogens is 271 g/mol. The number of aromatic amines is 1. The quantitative estimate of drug-likeness (QED) is 0.798. The predicted octanol–water partition coefficient (Wildman–Crippen LogP) is 1.13. The Morgan fingerprint density at radius 3 is 2.24 bits per heavy atom. The van der Waals surface area contributed by atoms with Crippen LogP contribution in [-0.2, 0) is 9.31 Å². The molecule has 3 rings (SSSR count). The maximum atomic E-state index is 12.2. The number of para-hydroxylation sites is 1. The van der Waals surface area contributed by atoms with E-state index in [1.165, 1.54) is 4.48 Å². The summed E-state index contributed by atoms with van der Waals surface area (Å²) in [7, 11) is -0.871. The molecule has 110 valence electrons. The third kappa shape index (κ3) is 2.04.